The number of amides is 4. The van der Waals surface area contributed by atoms with Gasteiger partial charge in [0, 0.05) is 26.2 Å². The molecular weight excluding hydrogens is 174 g/mol. The smallest absolute Gasteiger partial charge is 0.314 e. The van der Waals surface area contributed by atoms with E-state index < -0.39 is 12.1 Å². The van der Waals surface area contributed by atoms with Crippen LogP contribution in [0.25, 0.3) is 0 Å². The van der Waals surface area contributed by atoms with Crippen LogP contribution < -0.4 is 22.5 Å². The van der Waals surface area contributed by atoms with Crippen LogP contribution in [0, 0.1) is 0 Å². The van der Waals surface area contributed by atoms with E-state index in [2.05, 4.69) is 5.32 Å². The number of nitrogens with two attached hydrogens (primary N) is 3. The molecule has 0 aliphatic rings. The molecule has 0 aromatic heterocycles. The molecule has 0 bridgehead atoms. The third-order valence-electron chi connectivity index (χ3n) is 1.39. The highest BCUT2D eigenvalue weighted by molar-refractivity contribution is 5.73. The monoisotopic (exact) mass is 189 g/mol. The summed E-state index contributed by atoms with van der Waals surface area (Å²) in [5.74, 6) is 0. The molecule has 13 heavy (non-hydrogen) atoms. The van der Waals surface area contributed by atoms with E-state index in [1.165, 1.54) is 4.90 Å². The first-order valence-corrected chi connectivity index (χ1v) is 3.85. The van der Waals surface area contributed by atoms with E-state index in [1.54, 1.807) is 0 Å². The quantitative estimate of drug-likeness (QED) is 0.399. The Morgan fingerprint density at radius 3 is 2.23 bits per heavy atom. The van der Waals surface area contributed by atoms with Crippen LogP contribution in [0.3, 0.4) is 0 Å². The highest BCUT2D eigenvalue weighted by Crippen LogP contribution is 1.84. The number of urea groups is 2. The molecule has 0 aliphatic carbocycles. The predicted molar refractivity (Wildman–Crippen MR) is 47.8 cm³/mol. The van der Waals surface area contributed by atoms with Gasteiger partial charge in [-0.2, -0.15) is 0 Å². The summed E-state index contributed by atoms with van der Waals surface area (Å²) in [7, 11) is 0. The number of nitrogens with one attached hydrogen (secondary N) is 1. The Morgan fingerprint density at radius 1 is 1.23 bits per heavy atom. The fourth-order valence-corrected chi connectivity index (χ4v) is 0.802. The Morgan fingerprint density at radius 2 is 1.85 bits per heavy atom. The Kier molecular flexibility index (Phi) is 5.37. The van der Waals surface area contributed by atoms with Crippen LogP contribution >= 0.6 is 0 Å². The molecule has 0 radical (unpaired) electrons. The number of carbonyl (C=O) groups is 2. The Bertz CT molecular complexity index is 184. The lowest BCUT2D eigenvalue weighted by atomic mass is 10.5. The van der Waals surface area contributed by atoms with Crippen molar-refractivity contribution < 1.29 is 9.59 Å². The largest absolute Gasteiger partial charge is 0.352 e. The normalized spacial score (nSPS) is 9.31. The molecule has 7 N–H and O–H groups in total. The van der Waals surface area contributed by atoms with E-state index in [-0.39, 0.29) is 6.54 Å². The van der Waals surface area contributed by atoms with Gasteiger partial charge < -0.3 is 27.4 Å². The molecule has 76 valence electrons. The minimum absolute atomic E-state index is 0.276. The van der Waals surface area contributed by atoms with E-state index in [4.69, 9.17) is 17.2 Å². The molecule has 0 saturated carbocycles. The van der Waals surface area contributed by atoms with Crippen molar-refractivity contribution in [1.29, 1.82) is 0 Å². The van der Waals surface area contributed by atoms with E-state index >= 15 is 0 Å². The van der Waals surface area contributed by atoms with Gasteiger partial charge in [0.1, 0.15) is 0 Å². The van der Waals surface area contributed by atoms with Crippen LogP contribution in [0.15, 0.2) is 0 Å². The van der Waals surface area contributed by atoms with E-state index in [0.29, 0.717) is 19.6 Å². The van der Waals surface area contributed by atoms with Crippen LogP contribution in [-0.4, -0.2) is 43.1 Å². The Balaban J connectivity index is 3.69. The molecule has 4 amide bonds. The zero-order valence-electron chi connectivity index (χ0n) is 7.32. The van der Waals surface area contributed by atoms with Crippen LogP contribution in [0.1, 0.15) is 0 Å². The standard InChI is InChI=1S/C6H15N5O2/c7-1-3-11(6(9)13)4-2-10-5(8)12/h1-4,7H2,(H2,9,13)(H3,8,10,12). The summed E-state index contributed by atoms with van der Waals surface area (Å²) in [5, 5.41) is 2.34. The lowest BCUT2D eigenvalue weighted by Crippen LogP contribution is -2.44. The van der Waals surface area contributed by atoms with Gasteiger partial charge in [0.2, 0.25) is 0 Å². The summed E-state index contributed by atoms with van der Waals surface area (Å²) < 4.78 is 0. The Hall–Kier alpha value is -1.50. The number of hydrogen-bond acceptors (Lipinski definition) is 3. The molecule has 0 heterocycles. The maximum absolute atomic E-state index is 10.7. The summed E-state index contributed by atoms with van der Waals surface area (Å²) in [4.78, 5) is 22.3. The first kappa shape index (κ1) is 11.5. The predicted octanol–water partition coefficient (Wildman–Crippen LogP) is -2.01. The molecule has 7 nitrogen and oxygen atoms in total. The third-order valence-corrected chi connectivity index (χ3v) is 1.39. The number of carbonyl (C=O) groups excluding carboxylic acids is 2. The van der Waals surface area contributed by atoms with Crippen molar-refractivity contribution in [3.63, 3.8) is 0 Å². The van der Waals surface area contributed by atoms with Gasteiger partial charge in [-0.05, 0) is 0 Å². The number of rotatable bonds is 5. The zero-order chi connectivity index (χ0) is 10.3. The molecule has 0 aliphatic heterocycles. The van der Waals surface area contributed by atoms with E-state index in [9.17, 15) is 9.59 Å². The summed E-state index contributed by atoms with van der Waals surface area (Å²) in [6.45, 7) is 1.29. The van der Waals surface area contributed by atoms with Gasteiger partial charge in [-0.3, -0.25) is 0 Å². The highest BCUT2D eigenvalue weighted by Gasteiger charge is 2.07. The molecule has 7 heteroatoms. The minimum Gasteiger partial charge on any atom is -0.352 e. The molecule has 0 spiro atoms. The first-order chi connectivity index (χ1) is 6.07. The van der Waals surface area contributed by atoms with Gasteiger partial charge in [0.25, 0.3) is 0 Å². The molecule has 0 aromatic carbocycles. The maximum Gasteiger partial charge on any atom is 0.314 e. The van der Waals surface area contributed by atoms with Crippen LogP contribution in [0.4, 0.5) is 9.59 Å². The average Bonchev–Trinajstić information content (AvgIpc) is 2.02. The fourth-order valence-electron chi connectivity index (χ4n) is 0.802. The molecule has 0 rings (SSSR count). The first-order valence-electron chi connectivity index (χ1n) is 3.85. The van der Waals surface area contributed by atoms with Crippen molar-refractivity contribution in [2.45, 2.75) is 0 Å². The summed E-state index contributed by atoms with van der Waals surface area (Å²) in [6.07, 6.45) is 0. The molecule has 0 aromatic rings. The topological polar surface area (TPSA) is 127 Å². The second-order valence-corrected chi connectivity index (χ2v) is 2.40. The van der Waals surface area contributed by atoms with E-state index in [0.717, 1.165) is 0 Å². The summed E-state index contributed by atoms with van der Waals surface area (Å²) in [6, 6.07) is -1.19. The fraction of sp³-hybridized carbons (Fsp3) is 0.667. The lowest BCUT2D eigenvalue weighted by molar-refractivity contribution is 0.208. The van der Waals surface area contributed by atoms with Crippen molar-refractivity contribution in [1.82, 2.24) is 10.2 Å². The molecule has 0 fully saturated rings. The number of hydrogen-bond donors (Lipinski definition) is 4. The van der Waals surface area contributed by atoms with Crippen LogP contribution in [-0.2, 0) is 0 Å². The zero-order valence-corrected chi connectivity index (χ0v) is 7.32. The summed E-state index contributed by atoms with van der Waals surface area (Å²) in [5.41, 5.74) is 15.1. The van der Waals surface area contributed by atoms with Gasteiger partial charge in [0.15, 0.2) is 0 Å². The van der Waals surface area contributed by atoms with Crippen molar-refractivity contribution in [3.8, 4) is 0 Å². The van der Waals surface area contributed by atoms with Crippen molar-refractivity contribution in [3.05, 3.63) is 0 Å². The molecule has 0 unspecified atom stereocenters. The van der Waals surface area contributed by atoms with E-state index in [1.807, 2.05) is 0 Å². The van der Waals surface area contributed by atoms with Gasteiger partial charge in [-0.1, -0.05) is 0 Å². The van der Waals surface area contributed by atoms with Gasteiger partial charge >= 0.3 is 12.1 Å². The second kappa shape index (κ2) is 6.06. The lowest BCUT2D eigenvalue weighted by Gasteiger charge is -2.18. The van der Waals surface area contributed by atoms with Gasteiger partial charge in [-0.25, -0.2) is 9.59 Å². The second-order valence-electron chi connectivity index (χ2n) is 2.40. The van der Waals surface area contributed by atoms with Gasteiger partial charge in [-0.15, -0.1) is 0 Å². The average molecular weight is 189 g/mol. The molecule has 0 atom stereocenters. The SMILES string of the molecule is NCCN(CCNC(N)=O)C(N)=O. The Labute approximate surface area is 76.2 Å². The van der Waals surface area contributed by atoms with Crippen LogP contribution in [0.5, 0.6) is 0 Å². The van der Waals surface area contributed by atoms with Crippen molar-refractivity contribution >= 4 is 12.1 Å². The number of nitrogens with zero attached hydrogens (tertiary/aromatic N) is 1. The van der Waals surface area contributed by atoms with Crippen LogP contribution in [0.2, 0.25) is 0 Å². The third kappa shape index (κ3) is 5.74. The van der Waals surface area contributed by atoms with Gasteiger partial charge in [0.05, 0.1) is 0 Å². The summed E-state index contributed by atoms with van der Waals surface area (Å²) >= 11 is 0. The molecule has 0 saturated heterocycles. The number of primary amides is 2. The van der Waals surface area contributed by atoms with Crippen molar-refractivity contribution in [2.75, 3.05) is 26.2 Å². The molecular formula is C6H15N5O2. The van der Waals surface area contributed by atoms with Crippen molar-refractivity contribution in [2.24, 2.45) is 17.2 Å². The maximum atomic E-state index is 10.7. The highest BCUT2D eigenvalue weighted by atomic mass is 16.2. The minimum atomic E-state index is -0.628.